The molecule has 1 unspecified atom stereocenters. The SMILES string of the molecule is [CH2]CC(C)(O)C(=O)C=C. The van der Waals surface area contributed by atoms with Crippen LogP contribution in [0.25, 0.3) is 0 Å². The number of carbonyl (C=O) groups excluding carboxylic acids is 1. The first kappa shape index (κ1) is 8.37. The van der Waals surface area contributed by atoms with Gasteiger partial charge in [-0.25, -0.2) is 0 Å². The molecule has 0 spiro atoms. The van der Waals surface area contributed by atoms with Crippen LogP contribution in [0.5, 0.6) is 0 Å². The Morgan fingerprint density at radius 3 is 2.44 bits per heavy atom. The summed E-state index contributed by atoms with van der Waals surface area (Å²) in [5.41, 5.74) is -1.32. The molecule has 1 N–H and O–H groups in total. The summed E-state index contributed by atoms with van der Waals surface area (Å²) in [6.45, 7) is 8.07. The Kier molecular flexibility index (Phi) is 2.59. The number of hydrogen-bond donors (Lipinski definition) is 1. The van der Waals surface area contributed by atoms with Crippen LogP contribution in [0.15, 0.2) is 12.7 Å². The normalized spacial score (nSPS) is 16.3. The van der Waals surface area contributed by atoms with Crippen LogP contribution in [0.1, 0.15) is 13.3 Å². The lowest BCUT2D eigenvalue weighted by molar-refractivity contribution is -0.130. The minimum absolute atomic E-state index is 0.178. The first-order valence-electron chi connectivity index (χ1n) is 2.73. The third kappa shape index (κ3) is 1.98. The molecule has 0 amide bonds. The van der Waals surface area contributed by atoms with Gasteiger partial charge in [-0.05, 0) is 26.3 Å². The van der Waals surface area contributed by atoms with Crippen molar-refractivity contribution in [2.45, 2.75) is 18.9 Å². The molecule has 0 aliphatic rings. The first-order chi connectivity index (χ1) is 4.04. The van der Waals surface area contributed by atoms with E-state index in [9.17, 15) is 4.79 Å². The molecule has 1 atom stereocenters. The van der Waals surface area contributed by atoms with Crippen molar-refractivity contribution >= 4 is 5.78 Å². The van der Waals surface area contributed by atoms with Crippen molar-refractivity contribution in [3.05, 3.63) is 19.6 Å². The average Bonchev–Trinajstić information content (AvgIpc) is 1.86. The molecule has 0 fully saturated rings. The zero-order valence-corrected chi connectivity index (χ0v) is 5.55. The molecule has 2 nitrogen and oxygen atoms in total. The lowest BCUT2D eigenvalue weighted by Crippen LogP contribution is -2.32. The molecular weight excluding hydrogens is 116 g/mol. The molecule has 0 saturated carbocycles. The van der Waals surface area contributed by atoms with E-state index < -0.39 is 5.60 Å². The van der Waals surface area contributed by atoms with E-state index in [0.29, 0.717) is 0 Å². The summed E-state index contributed by atoms with van der Waals surface area (Å²) in [6.07, 6.45) is 1.28. The second-order valence-electron chi connectivity index (χ2n) is 2.09. The number of aliphatic hydroxyl groups is 1. The molecular formula is C7H11O2. The fourth-order valence-electron chi connectivity index (χ4n) is 0.343. The quantitative estimate of drug-likeness (QED) is 0.567. The highest BCUT2D eigenvalue weighted by molar-refractivity contribution is 5.95. The van der Waals surface area contributed by atoms with E-state index in [0.717, 1.165) is 6.08 Å². The van der Waals surface area contributed by atoms with Gasteiger partial charge in [0.25, 0.3) is 0 Å². The summed E-state index contributed by atoms with van der Waals surface area (Å²) in [6, 6.07) is 0. The zero-order chi connectivity index (χ0) is 7.49. The van der Waals surface area contributed by atoms with Crippen molar-refractivity contribution in [3.8, 4) is 0 Å². The van der Waals surface area contributed by atoms with Gasteiger partial charge in [0.05, 0.1) is 0 Å². The molecule has 0 aliphatic carbocycles. The second-order valence-corrected chi connectivity index (χ2v) is 2.09. The van der Waals surface area contributed by atoms with Crippen molar-refractivity contribution in [2.24, 2.45) is 0 Å². The van der Waals surface area contributed by atoms with Gasteiger partial charge < -0.3 is 5.11 Å². The number of ketones is 1. The fraction of sp³-hybridized carbons (Fsp3) is 0.429. The van der Waals surface area contributed by atoms with Crippen LogP contribution in [0.4, 0.5) is 0 Å². The summed E-state index contributed by atoms with van der Waals surface area (Å²) in [7, 11) is 0. The van der Waals surface area contributed by atoms with Gasteiger partial charge in [-0.2, -0.15) is 0 Å². The predicted molar refractivity (Wildman–Crippen MR) is 35.8 cm³/mol. The third-order valence-electron chi connectivity index (χ3n) is 1.20. The van der Waals surface area contributed by atoms with E-state index in [1.807, 2.05) is 0 Å². The van der Waals surface area contributed by atoms with E-state index in [1.165, 1.54) is 6.92 Å². The maximum atomic E-state index is 10.7. The zero-order valence-electron chi connectivity index (χ0n) is 5.55. The number of rotatable bonds is 3. The van der Waals surface area contributed by atoms with Crippen LogP contribution in [-0.4, -0.2) is 16.5 Å². The van der Waals surface area contributed by atoms with Gasteiger partial charge in [0.1, 0.15) is 5.60 Å². The van der Waals surface area contributed by atoms with Crippen LogP contribution >= 0.6 is 0 Å². The minimum atomic E-state index is -1.32. The van der Waals surface area contributed by atoms with E-state index >= 15 is 0 Å². The first-order valence-corrected chi connectivity index (χ1v) is 2.73. The Balaban J connectivity index is 4.13. The van der Waals surface area contributed by atoms with E-state index in [2.05, 4.69) is 13.5 Å². The summed E-state index contributed by atoms with van der Waals surface area (Å²) in [5.74, 6) is -0.377. The van der Waals surface area contributed by atoms with Crippen LogP contribution in [-0.2, 0) is 4.79 Å². The second kappa shape index (κ2) is 2.78. The summed E-state index contributed by atoms with van der Waals surface area (Å²) < 4.78 is 0. The van der Waals surface area contributed by atoms with Gasteiger partial charge in [0.2, 0.25) is 0 Å². The molecule has 0 heterocycles. The van der Waals surface area contributed by atoms with Gasteiger partial charge in [-0.15, -0.1) is 0 Å². The van der Waals surface area contributed by atoms with Crippen LogP contribution in [0.2, 0.25) is 0 Å². The Hall–Kier alpha value is -0.630. The van der Waals surface area contributed by atoms with Gasteiger partial charge in [-0.3, -0.25) is 4.79 Å². The molecule has 51 valence electrons. The lowest BCUT2D eigenvalue weighted by Gasteiger charge is -2.16. The molecule has 0 saturated heterocycles. The summed E-state index contributed by atoms with van der Waals surface area (Å²) >= 11 is 0. The highest BCUT2D eigenvalue weighted by Crippen LogP contribution is 2.08. The van der Waals surface area contributed by atoms with Gasteiger partial charge in [0, 0.05) is 0 Å². The molecule has 1 radical (unpaired) electrons. The van der Waals surface area contributed by atoms with E-state index in [4.69, 9.17) is 5.11 Å². The number of hydrogen-bond acceptors (Lipinski definition) is 2. The molecule has 9 heavy (non-hydrogen) atoms. The summed E-state index contributed by atoms with van der Waals surface area (Å²) in [4.78, 5) is 10.7. The smallest absolute Gasteiger partial charge is 0.186 e. The third-order valence-corrected chi connectivity index (χ3v) is 1.20. The van der Waals surface area contributed by atoms with Crippen molar-refractivity contribution in [1.29, 1.82) is 0 Å². The van der Waals surface area contributed by atoms with Gasteiger partial charge in [0.15, 0.2) is 5.78 Å². The largest absolute Gasteiger partial charge is 0.382 e. The highest BCUT2D eigenvalue weighted by atomic mass is 16.3. The van der Waals surface area contributed by atoms with Gasteiger partial charge in [-0.1, -0.05) is 6.58 Å². The molecule has 0 aromatic heterocycles. The molecule has 0 rings (SSSR count). The molecule has 2 heteroatoms. The Labute approximate surface area is 55.2 Å². The van der Waals surface area contributed by atoms with E-state index in [-0.39, 0.29) is 12.2 Å². The van der Waals surface area contributed by atoms with E-state index in [1.54, 1.807) is 0 Å². The Morgan fingerprint density at radius 1 is 1.89 bits per heavy atom. The topological polar surface area (TPSA) is 37.3 Å². The van der Waals surface area contributed by atoms with Crippen molar-refractivity contribution in [2.75, 3.05) is 0 Å². The Morgan fingerprint density at radius 2 is 2.33 bits per heavy atom. The van der Waals surface area contributed by atoms with Crippen LogP contribution in [0.3, 0.4) is 0 Å². The molecule has 0 aromatic carbocycles. The van der Waals surface area contributed by atoms with Crippen LogP contribution in [0, 0.1) is 6.92 Å². The highest BCUT2D eigenvalue weighted by Gasteiger charge is 2.24. The summed E-state index contributed by atoms with van der Waals surface area (Å²) in [5, 5.41) is 9.11. The van der Waals surface area contributed by atoms with Gasteiger partial charge >= 0.3 is 0 Å². The lowest BCUT2D eigenvalue weighted by atomic mass is 9.98. The number of carbonyl (C=O) groups is 1. The maximum absolute atomic E-state index is 10.7. The van der Waals surface area contributed by atoms with Crippen LogP contribution < -0.4 is 0 Å². The van der Waals surface area contributed by atoms with Crippen molar-refractivity contribution in [3.63, 3.8) is 0 Å². The van der Waals surface area contributed by atoms with Crippen molar-refractivity contribution < 1.29 is 9.90 Å². The molecule has 0 aliphatic heterocycles. The predicted octanol–water partition coefficient (Wildman–Crippen LogP) is 0.717. The fourth-order valence-corrected chi connectivity index (χ4v) is 0.343. The standard InChI is InChI=1S/C7H11O2/c1-4-6(8)7(3,9)5-2/h4,9H,1-2,5H2,3H3. The maximum Gasteiger partial charge on any atom is 0.186 e. The average molecular weight is 127 g/mol. The minimum Gasteiger partial charge on any atom is -0.382 e. The monoisotopic (exact) mass is 127 g/mol. The van der Waals surface area contributed by atoms with Crippen molar-refractivity contribution in [1.82, 2.24) is 0 Å². The molecule has 0 aromatic rings. The molecule has 0 bridgehead atoms. The Bertz CT molecular complexity index is 125.